The molecule has 1 aliphatic rings. The third-order valence-electron chi connectivity index (χ3n) is 7.23. The Balaban J connectivity index is 1.07. The maximum absolute atomic E-state index is 12.8. The Morgan fingerprint density at radius 1 is 0.947 bits per heavy atom. The zero-order valence-electron chi connectivity index (χ0n) is 22.6. The van der Waals surface area contributed by atoms with Crippen LogP contribution in [-0.4, -0.2) is 76.8 Å². The molecule has 2 heterocycles. The van der Waals surface area contributed by atoms with Crippen molar-refractivity contribution in [2.75, 3.05) is 46.4 Å². The lowest BCUT2D eigenvalue weighted by molar-refractivity contribution is 0.0610. The van der Waals surface area contributed by atoms with E-state index in [1.807, 2.05) is 31.0 Å². The Bertz CT molecular complexity index is 1380. The normalized spacial score (nSPS) is 14.4. The molecule has 0 N–H and O–H groups in total. The number of carbonyl (C=O) groups excluding carboxylic acids is 1. The molecule has 3 aromatic carbocycles. The lowest BCUT2D eigenvalue weighted by Crippen LogP contribution is -2.49. The maximum atomic E-state index is 12.8. The van der Waals surface area contributed by atoms with Crippen molar-refractivity contribution in [3.05, 3.63) is 95.3 Å². The molecule has 7 nitrogen and oxygen atoms in total. The quantitative estimate of drug-likeness (QED) is 0.334. The third kappa shape index (κ3) is 6.23. The summed E-state index contributed by atoms with van der Waals surface area (Å²) in [4.78, 5) is 19.5. The van der Waals surface area contributed by atoms with Crippen LogP contribution in [0, 0.1) is 6.92 Å². The Kier molecular flexibility index (Phi) is 8.05. The average molecular weight is 512 g/mol. The predicted molar refractivity (Wildman–Crippen MR) is 151 cm³/mol. The largest absolute Gasteiger partial charge is 0.492 e. The van der Waals surface area contributed by atoms with Gasteiger partial charge in [-0.05, 0) is 54.1 Å². The number of aromatic nitrogens is 2. The molecule has 0 aliphatic carbocycles. The number of rotatable bonds is 9. The molecule has 0 atom stereocenters. The van der Waals surface area contributed by atoms with E-state index in [2.05, 4.69) is 82.6 Å². The van der Waals surface area contributed by atoms with Gasteiger partial charge in [-0.25, -0.2) is 0 Å². The number of hydrogen-bond donors (Lipinski definition) is 0. The Hall–Kier alpha value is -3.68. The summed E-state index contributed by atoms with van der Waals surface area (Å²) in [5.41, 5.74) is 4.10. The molecule has 5 rings (SSSR count). The number of aryl methyl sites for hydroxylation is 2. The minimum atomic E-state index is 0.0613. The van der Waals surface area contributed by atoms with Gasteiger partial charge in [0.2, 0.25) is 0 Å². The lowest BCUT2D eigenvalue weighted by Gasteiger charge is -2.34. The van der Waals surface area contributed by atoms with Crippen LogP contribution in [0.2, 0.25) is 0 Å². The SMILES string of the molecule is Cc1cc(C(=O)N2CCN(CCOc3cccc(CN(C)Cc4cccc5ccccc45)c3)CC2)n(C)n1. The topological polar surface area (TPSA) is 53.8 Å². The van der Waals surface area contributed by atoms with Crippen molar-refractivity contribution in [1.29, 1.82) is 0 Å². The molecule has 1 saturated heterocycles. The molecule has 1 amide bonds. The summed E-state index contributed by atoms with van der Waals surface area (Å²) in [6, 6.07) is 25.4. The van der Waals surface area contributed by atoms with Gasteiger partial charge >= 0.3 is 0 Å². The molecule has 38 heavy (non-hydrogen) atoms. The van der Waals surface area contributed by atoms with Crippen molar-refractivity contribution in [2.45, 2.75) is 20.0 Å². The molecule has 1 aliphatic heterocycles. The van der Waals surface area contributed by atoms with Gasteiger partial charge in [-0.1, -0.05) is 54.6 Å². The van der Waals surface area contributed by atoms with Gasteiger partial charge in [0.05, 0.1) is 5.69 Å². The standard InChI is InChI=1S/C31H37N5O2/c1-24-20-30(34(3)32-24)31(37)36-16-14-35(15-17-36)18-19-38-28-12-6-8-25(21-28)22-33(2)23-27-11-7-10-26-9-4-5-13-29(26)27/h4-13,20-21H,14-19,22-23H2,1-3H3. The van der Waals surface area contributed by atoms with Gasteiger partial charge in [0.15, 0.2) is 0 Å². The van der Waals surface area contributed by atoms with Gasteiger partial charge < -0.3 is 9.64 Å². The van der Waals surface area contributed by atoms with Crippen molar-refractivity contribution in [2.24, 2.45) is 7.05 Å². The summed E-state index contributed by atoms with van der Waals surface area (Å²) >= 11 is 0. The smallest absolute Gasteiger partial charge is 0.272 e. The molecule has 0 radical (unpaired) electrons. The minimum absolute atomic E-state index is 0.0613. The van der Waals surface area contributed by atoms with E-state index in [9.17, 15) is 4.79 Å². The third-order valence-corrected chi connectivity index (χ3v) is 7.23. The number of amides is 1. The van der Waals surface area contributed by atoms with Crippen LogP contribution < -0.4 is 4.74 Å². The van der Waals surface area contributed by atoms with Gasteiger partial charge in [0.1, 0.15) is 18.1 Å². The summed E-state index contributed by atoms with van der Waals surface area (Å²) in [6.07, 6.45) is 0. The molecule has 1 aromatic heterocycles. The zero-order valence-corrected chi connectivity index (χ0v) is 22.6. The van der Waals surface area contributed by atoms with Crippen LogP contribution >= 0.6 is 0 Å². The zero-order chi connectivity index (χ0) is 26.5. The van der Waals surface area contributed by atoms with Crippen LogP contribution in [0.1, 0.15) is 27.3 Å². The fourth-order valence-corrected chi connectivity index (χ4v) is 5.26. The van der Waals surface area contributed by atoms with E-state index in [1.165, 1.54) is 21.9 Å². The molecule has 4 aromatic rings. The van der Waals surface area contributed by atoms with Gasteiger partial charge in [-0.15, -0.1) is 0 Å². The Morgan fingerprint density at radius 2 is 1.71 bits per heavy atom. The highest BCUT2D eigenvalue weighted by Gasteiger charge is 2.24. The molecule has 1 fully saturated rings. The fourth-order valence-electron chi connectivity index (χ4n) is 5.26. The van der Waals surface area contributed by atoms with E-state index in [0.717, 1.165) is 57.3 Å². The molecule has 0 spiro atoms. The van der Waals surface area contributed by atoms with Gasteiger partial charge in [-0.3, -0.25) is 19.3 Å². The molecular weight excluding hydrogens is 474 g/mol. The molecule has 0 saturated carbocycles. The van der Waals surface area contributed by atoms with Crippen LogP contribution in [0.25, 0.3) is 10.8 Å². The first kappa shape index (κ1) is 25.9. The van der Waals surface area contributed by atoms with Crippen molar-refractivity contribution in [3.63, 3.8) is 0 Å². The van der Waals surface area contributed by atoms with Crippen molar-refractivity contribution in [1.82, 2.24) is 24.5 Å². The van der Waals surface area contributed by atoms with Crippen LogP contribution in [0.5, 0.6) is 5.75 Å². The van der Waals surface area contributed by atoms with E-state index in [0.29, 0.717) is 12.3 Å². The molecule has 0 bridgehead atoms. The van der Waals surface area contributed by atoms with Crippen molar-refractivity contribution in [3.8, 4) is 5.75 Å². The summed E-state index contributed by atoms with van der Waals surface area (Å²) in [5, 5.41) is 6.90. The van der Waals surface area contributed by atoms with Crippen LogP contribution in [-0.2, 0) is 20.1 Å². The van der Waals surface area contributed by atoms with E-state index in [1.54, 1.807) is 4.68 Å². The van der Waals surface area contributed by atoms with Crippen LogP contribution in [0.3, 0.4) is 0 Å². The van der Waals surface area contributed by atoms with Gasteiger partial charge in [-0.2, -0.15) is 5.10 Å². The number of ether oxygens (including phenoxy) is 1. The number of benzene rings is 3. The monoisotopic (exact) mass is 511 g/mol. The van der Waals surface area contributed by atoms with Gasteiger partial charge in [0, 0.05) is 52.9 Å². The molecule has 0 unspecified atom stereocenters. The number of carbonyl (C=O) groups is 1. The highest BCUT2D eigenvalue weighted by molar-refractivity contribution is 5.92. The van der Waals surface area contributed by atoms with E-state index >= 15 is 0 Å². The highest BCUT2D eigenvalue weighted by Crippen LogP contribution is 2.21. The first-order valence-electron chi connectivity index (χ1n) is 13.4. The molecule has 7 heteroatoms. The number of fused-ring (bicyclic) bond motifs is 1. The summed E-state index contributed by atoms with van der Waals surface area (Å²) in [5.74, 6) is 0.965. The number of nitrogens with zero attached hydrogens (tertiary/aromatic N) is 5. The minimum Gasteiger partial charge on any atom is -0.492 e. The summed E-state index contributed by atoms with van der Waals surface area (Å²) in [6.45, 7) is 8.28. The van der Waals surface area contributed by atoms with Crippen molar-refractivity contribution >= 4 is 16.7 Å². The first-order valence-corrected chi connectivity index (χ1v) is 13.4. The van der Waals surface area contributed by atoms with E-state index in [4.69, 9.17) is 4.74 Å². The summed E-state index contributed by atoms with van der Waals surface area (Å²) in [7, 11) is 3.99. The number of piperazine rings is 1. The van der Waals surface area contributed by atoms with E-state index < -0.39 is 0 Å². The molecular formula is C31H37N5O2. The highest BCUT2D eigenvalue weighted by atomic mass is 16.5. The Morgan fingerprint density at radius 3 is 2.50 bits per heavy atom. The molecule has 198 valence electrons. The van der Waals surface area contributed by atoms with Crippen molar-refractivity contribution < 1.29 is 9.53 Å². The summed E-state index contributed by atoms with van der Waals surface area (Å²) < 4.78 is 7.79. The fraction of sp³-hybridized carbons (Fsp3) is 0.355. The Labute approximate surface area is 225 Å². The van der Waals surface area contributed by atoms with Crippen LogP contribution in [0.15, 0.2) is 72.8 Å². The van der Waals surface area contributed by atoms with E-state index in [-0.39, 0.29) is 5.91 Å². The second kappa shape index (κ2) is 11.8. The predicted octanol–water partition coefficient (Wildman–Crippen LogP) is 4.35. The second-order valence-corrected chi connectivity index (χ2v) is 10.2. The lowest BCUT2D eigenvalue weighted by atomic mass is 10.0. The first-order chi connectivity index (χ1) is 18.5. The van der Waals surface area contributed by atoms with Crippen LogP contribution in [0.4, 0.5) is 0 Å². The van der Waals surface area contributed by atoms with Gasteiger partial charge in [0.25, 0.3) is 5.91 Å². The number of hydrogen-bond acceptors (Lipinski definition) is 5. The average Bonchev–Trinajstić information content (AvgIpc) is 3.26. The maximum Gasteiger partial charge on any atom is 0.272 e. The second-order valence-electron chi connectivity index (χ2n) is 10.2.